The minimum absolute atomic E-state index is 0.0156. The van der Waals surface area contributed by atoms with Crippen LogP contribution in [-0.2, 0) is 6.42 Å². The van der Waals surface area contributed by atoms with Crippen LogP contribution in [0.1, 0.15) is 31.2 Å². The van der Waals surface area contributed by atoms with Crippen molar-refractivity contribution in [3.8, 4) is 0 Å². The second-order valence-electron chi connectivity index (χ2n) is 4.31. The molecule has 82 valence electrons. The summed E-state index contributed by atoms with van der Waals surface area (Å²) in [5, 5.41) is 10.1. The van der Waals surface area contributed by atoms with Crippen LogP contribution >= 0.6 is 0 Å². The van der Waals surface area contributed by atoms with Crippen molar-refractivity contribution in [3.63, 3.8) is 0 Å². The molecule has 1 aliphatic carbocycles. The molecule has 0 amide bonds. The standard InChI is InChI=1S/C12H14F2O/c13-10-4-3-5-11(14)9(10)8-12(15)6-1-2-7-12/h3-5,15H,1-2,6-8H2. The van der Waals surface area contributed by atoms with Crippen molar-refractivity contribution in [2.24, 2.45) is 0 Å². The topological polar surface area (TPSA) is 20.2 Å². The zero-order valence-corrected chi connectivity index (χ0v) is 8.47. The number of hydrogen-bond donors (Lipinski definition) is 1. The summed E-state index contributed by atoms with van der Waals surface area (Å²) in [5.74, 6) is -1.12. The highest BCUT2D eigenvalue weighted by molar-refractivity contribution is 5.22. The lowest BCUT2D eigenvalue weighted by Gasteiger charge is -2.22. The molecule has 1 aromatic carbocycles. The van der Waals surface area contributed by atoms with E-state index in [0.717, 1.165) is 12.8 Å². The van der Waals surface area contributed by atoms with Crippen molar-refractivity contribution in [2.75, 3.05) is 0 Å². The minimum atomic E-state index is -0.900. The van der Waals surface area contributed by atoms with E-state index in [1.165, 1.54) is 18.2 Å². The average Bonchev–Trinajstić information content (AvgIpc) is 2.60. The van der Waals surface area contributed by atoms with Gasteiger partial charge in [0.2, 0.25) is 0 Å². The number of hydrogen-bond acceptors (Lipinski definition) is 1. The molecule has 0 heterocycles. The van der Waals surface area contributed by atoms with Crippen LogP contribution in [0.25, 0.3) is 0 Å². The number of benzene rings is 1. The molecule has 1 aromatic rings. The first-order valence-electron chi connectivity index (χ1n) is 5.26. The Morgan fingerprint density at radius 3 is 2.20 bits per heavy atom. The molecule has 1 fully saturated rings. The third kappa shape index (κ3) is 2.17. The molecule has 1 aliphatic rings. The monoisotopic (exact) mass is 212 g/mol. The van der Waals surface area contributed by atoms with E-state index < -0.39 is 17.2 Å². The van der Waals surface area contributed by atoms with Gasteiger partial charge in [-0.25, -0.2) is 8.78 Å². The van der Waals surface area contributed by atoms with Crippen LogP contribution < -0.4 is 0 Å². The van der Waals surface area contributed by atoms with Gasteiger partial charge in [0.1, 0.15) is 11.6 Å². The molecule has 0 aliphatic heterocycles. The average molecular weight is 212 g/mol. The van der Waals surface area contributed by atoms with Gasteiger partial charge in [-0.1, -0.05) is 18.9 Å². The fourth-order valence-corrected chi connectivity index (χ4v) is 2.24. The van der Waals surface area contributed by atoms with Gasteiger partial charge in [0, 0.05) is 12.0 Å². The lowest BCUT2D eigenvalue weighted by molar-refractivity contribution is 0.0464. The van der Waals surface area contributed by atoms with Crippen molar-refractivity contribution >= 4 is 0 Å². The Labute approximate surface area is 87.7 Å². The highest BCUT2D eigenvalue weighted by Crippen LogP contribution is 2.33. The van der Waals surface area contributed by atoms with Gasteiger partial charge in [0.15, 0.2) is 0 Å². The first kappa shape index (κ1) is 10.6. The Kier molecular flexibility index (Phi) is 2.74. The van der Waals surface area contributed by atoms with Gasteiger partial charge < -0.3 is 5.11 Å². The summed E-state index contributed by atoms with van der Waals surface area (Å²) < 4.78 is 26.6. The van der Waals surface area contributed by atoms with Crippen LogP contribution in [0.5, 0.6) is 0 Å². The van der Waals surface area contributed by atoms with Crippen molar-refractivity contribution in [3.05, 3.63) is 35.4 Å². The molecule has 0 aromatic heterocycles. The van der Waals surface area contributed by atoms with E-state index in [-0.39, 0.29) is 12.0 Å². The molecule has 1 saturated carbocycles. The van der Waals surface area contributed by atoms with Crippen LogP contribution in [0.3, 0.4) is 0 Å². The van der Waals surface area contributed by atoms with E-state index in [0.29, 0.717) is 12.8 Å². The normalized spacial score (nSPS) is 19.4. The van der Waals surface area contributed by atoms with Gasteiger partial charge in [-0.05, 0) is 25.0 Å². The SMILES string of the molecule is OC1(Cc2c(F)cccc2F)CCCC1. The summed E-state index contributed by atoms with van der Waals surface area (Å²) >= 11 is 0. The highest BCUT2D eigenvalue weighted by atomic mass is 19.1. The minimum Gasteiger partial charge on any atom is -0.390 e. The van der Waals surface area contributed by atoms with Gasteiger partial charge >= 0.3 is 0 Å². The van der Waals surface area contributed by atoms with E-state index in [1.807, 2.05) is 0 Å². The van der Waals surface area contributed by atoms with E-state index >= 15 is 0 Å². The molecular weight excluding hydrogens is 198 g/mol. The van der Waals surface area contributed by atoms with Gasteiger partial charge in [0.25, 0.3) is 0 Å². The van der Waals surface area contributed by atoms with Crippen LogP contribution in [0.2, 0.25) is 0 Å². The van der Waals surface area contributed by atoms with Gasteiger partial charge in [-0.15, -0.1) is 0 Å². The molecule has 0 radical (unpaired) electrons. The molecule has 0 bridgehead atoms. The lowest BCUT2D eigenvalue weighted by atomic mass is 9.92. The number of rotatable bonds is 2. The Hall–Kier alpha value is -0.960. The fourth-order valence-electron chi connectivity index (χ4n) is 2.24. The van der Waals surface area contributed by atoms with E-state index in [1.54, 1.807) is 0 Å². The molecule has 2 rings (SSSR count). The van der Waals surface area contributed by atoms with Crippen LogP contribution in [-0.4, -0.2) is 10.7 Å². The molecule has 15 heavy (non-hydrogen) atoms. The maximum absolute atomic E-state index is 13.3. The summed E-state index contributed by atoms with van der Waals surface area (Å²) in [6.07, 6.45) is 3.24. The smallest absolute Gasteiger partial charge is 0.129 e. The zero-order chi connectivity index (χ0) is 10.9. The summed E-state index contributed by atoms with van der Waals surface area (Å²) in [5.41, 5.74) is -0.884. The Balaban J connectivity index is 2.23. The predicted molar refractivity (Wildman–Crippen MR) is 53.5 cm³/mol. The first-order chi connectivity index (χ1) is 7.11. The van der Waals surface area contributed by atoms with Crippen molar-refractivity contribution in [2.45, 2.75) is 37.7 Å². The zero-order valence-electron chi connectivity index (χ0n) is 8.47. The molecule has 0 unspecified atom stereocenters. The van der Waals surface area contributed by atoms with E-state index in [2.05, 4.69) is 0 Å². The van der Waals surface area contributed by atoms with Crippen molar-refractivity contribution in [1.82, 2.24) is 0 Å². The molecule has 1 N–H and O–H groups in total. The molecule has 1 nitrogen and oxygen atoms in total. The second-order valence-corrected chi connectivity index (χ2v) is 4.31. The van der Waals surface area contributed by atoms with Crippen molar-refractivity contribution < 1.29 is 13.9 Å². The lowest BCUT2D eigenvalue weighted by Crippen LogP contribution is -2.28. The number of aliphatic hydroxyl groups is 1. The van der Waals surface area contributed by atoms with E-state index in [9.17, 15) is 13.9 Å². The number of halogens is 2. The summed E-state index contributed by atoms with van der Waals surface area (Å²) in [6, 6.07) is 3.81. The Bertz CT molecular complexity index is 336. The maximum Gasteiger partial charge on any atom is 0.129 e. The largest absolute Gasteiger partial charge is 0.390 e. The van der Waals surface area contributed by atoms with Crippen LogP contribution in [0, 0.1) is 11.6 Å². The fraction of sp³-hybridized carbons (Fsp3) is 0.500. The summed E-state index contributed by atoms with van der Waals surface area (Å²) in [4.78, 5) is 0. The molecule has 0 spiro atoms. The first-order valence-corrected chi connectivity index (χ1v) is 5.26. The third-order valence-electron chi connectivity index (χ3n) is 3.10. The predicted octanol–water partition coefficient (Wildman–Crippen LogP) is 2.81. The molecular formula is C12H14F2O. The van der Waals surface area contributed by atoms with Gasteiger partial charge in [-0.2, -0.15) is 0 Å². The van der Waals surface area contributed by atoms with E-state index in [4.69, 9.17) is 0 Å². The maximum atomic E-state index is 13.3. The quantitative estimate of drug-likeness (QED) is 0.799. The molecule has 0 atom stereocenters. The Morgan fingerprint density at radius 2 is 1.67 bits per heavy atom. The second kappa shape index (κ2) is 3.89. The van der Waals surface area contributed by atoms with Crippen molar-refractivity contribution in [1.29, 1.82) is 0 Å². The van der Waals surface area contributed by atoms with Crippen LogP contribution in [0.15, 0.2) is 18.2 Å². The van der Waals surface area contributed by atoms with Gasteiger partial charge in [-0.3, -0.25) is 0 Å². The third-order valence-corrected chi connectivity index (χ3v) is 3.10. The highest BCUT2D eigenvalue weighted by Gasteiger charge is 2.32. The summed E-state index contributed by atoms with van der Waals surface area (Å²) in [6.45, 7) is 0. The molecule has 0 saturated heterocycles. The molecule has 3 heteroatoms. The van der Waals surface area contributed by atoms with Gasteiger partial charge in [0.05, 0.1) is 5.60 Å². The summed E-state index contributed by atoms with van der Waals surface area (Å²) in [7, 11) is 0. The Morgan fingerprint density at radius 1 is 1.13 bits per heavy atom. The van der Waals surface area contributed by atoms with Crippen LogP contribution in [0.4, 0.5) is 8.78 Å².